The van der Waals surface area contributed by atoms with Gasteiger partial charge < -0.3 is 19.9 Å². The molecular weight excluding hydrogens is 442 g/mol. The Balaban J connectivity index is 1.32. The zero-order valence-corrected chi connectivity index (χ0v) is 18.7. The molecule has 3 aromatic carbocycles. The normalized spacial score (nSPS) is 13.1. The lowest BCUT2D eigenvalue weighted by Crippen LogP contribution is -2.29. The minimum absolute atomic E-state index is 0.178. The summed E-state index contributed by atoms with van der Waals surface area (Å²) in [6.45, 7) is 0.481. The van der Waals surface area contributed by atoms with Crippen molar-refractivity contribution in [1.29, 1.82) is 0 Å². The first-order chi connectivity index (χ1) is 16.0. The van der Waals surface area contributed by atoms with E-state index in [1.807, 2.05) is 36.4 Å². The molecule has 0 radical (unpaired) electrons. The van der Waals surface area contributed by atoms with Crippen molar-refractivity contribution in [3.63, 3.8) is 0 Å². The summed E-state index contributed by atoms with van der Waals surface area (Å²) >= 11 is 6.10. The van der Waals surface area contributed by atoms with E-state index in [0.717, 1.165) is 36.0 Å². The van der Waals surface area contributed by atoms with Gasteiger partial charge in [-0.15, -0.1) is 0 Å². The van der Waals surface area contributed by atoms with Gasteiger partial charge in [0.15, 0.2) is 0 Å². The van der Waals surface area contributed by atoms with Crippen LogP contribution in [0.1, 0.15) is 35.2 Å². The third kappa shape index (κ3) is 6.05. The average molecular weight is 466 g/mol. The number of rotatable bonds is 8. The van der Waals surface area contributed by atoms with Crippen molar-refractivity contribution in [3.05, 3.63) is 82.9 Å². The fraction of sp³-hybridized carbons (Fsp3) is 0.231. The van der Waals surface area contributed by atoms with Gasteiger partial charge in [0.2, 0.25) is 0 Å². The van der Waals surface area contributed by atoms with Crippen molar-refractivity contribution in [1.82, 2.24) is 5.32 Å². The van der Waals surface area contributed by atoms with Crippen molar-refractivity contribution in [3.8, 4) is 22.6 Å². The molecule has 1 aliphatic carbocycles. The van der Waals surface area contributed by atoms with Crippen LogP contribution in [-0.2, 0) is 6.42 Å². The van der Waals surface area contributed by atoms with Crippen LogP contribution in [0.4, 0.5) is 4.79 Å². The van der Waals surface area contributed by atoms with E-state index in [-0.39, 0.29) is 17.8 Å². The Morgan fingerprint density at radius 2 is 1.64 bits per heavy atom. The third-order valence-corrected chi connectivity index (χ3v) is 5.81. The molecule has 170 valence electrons. The van der Waals surface area contributed by atoms with Gasteiger partial charge in [0.1, 0.15) is 11.5 Å². The molecule has 6 nitrogen and oxygen atoms in total. The molecule has 1 aliphatic rings. The van der Waals surface area contributed by atoms with E-state index in [2.05, 4.69) is 10.1 Å². The second-order valence-corrected chi connectivity index (χ2v) is 8.34. The Labute approximate surface area is 197 Å². The van der Waals surface area contributed by atoms with E-state index in [1.54, 1.807) is 30.3 Å². The molecular formula is C26H24ClNO5. The second-order valence-electron chi connectivity index (χ2n) is 7.91. The van der Waals surface area contributed by atoms with Crippen LogP contribution in [0.5, 0.6) is 11.5 Å². The highest BCUT2D eigenvalue weighted by Gasteiger charge is 2.22. The molecule has 0 unspecified atom stereocenters. The van der Waals surface area contributed by atoms with Crippen molar-refractivity contribution >= 4 is 23.7 Å². The maximum absolute atomic E-state index is 12.7. The highest BCUT2D eigenvalue weighted by Crippen LogP contribution is 2.29. The third-order valence-electron chi connectivity index (χ3n) is 5.58. The molecule has 7 heteroatoms. The molecule has 0 atom stereocenters. The van der Waals surface area contributed by atoms with Crippen LogP contribution in [0.3, 0.4) is 0 Å². The quantitative estimate of drug-likeness (QED) is 0.316. The number of amides is 1. The number of carbonyl (C=O) groups is 2. The van der Waals surface area contributed by atoms with E-state index in [1.165, 1.54) is 0 Å². The predicted octanol–water partition coefficient (Wildman–Crippen LogP) is 5.97. The van der Waals surface area contributed by atoms with Crippen LogP contribution in [0.2, 0.25) is 5.02 Å². The molecule has 1 fully saturated rings. The molecule has 0 aromatic heterocycles. The van der Waals surface area contributed by atoms with E-state index in [0.29, 0.717) is 29.3 Å². The molecule has 33 heavy (non-hydrogen) atoms. The Hall–Kier alpha value is -3.51. The summed E-state index contributed by atoms with van der Waals surface area (Å²) < 4.78 is 10.6. The number of benzene rings is 3. The largest absolute Gasteiger partial charge is 0.511 e. The number of nitrogens with one attached hydrogen (secondary N) is 1. The van der Waals surface area contributed by atoms with Crippen molar-refractivity contribution in [2.75, 3.05) is 6.54 Å². The molecule has 3 aromatic rings. The van der Waals surface area contributed by atoms with Gasteiger partial charge in [0.05, 0.1) is 11.7 Å². The van der Waals surface area contributed by atoms with E-state index < -0.39 is 6.16 Å². The van der Waals surface area contributed by atoms with Crippen LogP contribution in [0.15, 0.2) is 66.7 Å². The van der Waals surface area contributed by atoms with Gasteiger partial charge >= 0.3 is 6.16 Å². The van der Waals surface area contributed by atoms with Gasteiger partial charge in [-0.3, -0.25) is 4.79 Å². The smallest absolute Gasteiger partial charge is 0.490 e. The number of halogens is 1. The van der Waals surface area contributed by atoms with Crippen LogP contribution < -0.4 is 14.8 Å². The van der Waals surface area contributed by atoms with Crippen LogP contribution in [-0.4, -0.2) is 29.8 Å². The number of carbonyl (C=O) groups excluding carboxylic acids is 1. The van der Waals surface area contributed by atoms with Gasteiger partial charge in [-0.1, -0.05) is 48.0 Å². The van der Waals surface area contributed by atoms with E-state index >= 15 is 0 Å². The summed E-state index contributed by atoms with van der Waals surface area (Å²) in [4.78, 5) is 23.3. The lowest BCUT2D eigenvalue weighted by molar-refractivity contribution is 0.0928. The average Bonchev–Trinajstić information content (AvgIpc) is 2.77. The zero-order chi connectivity index (χ0) is 23.2. The highest BCUT2D eigenvalue weighted by atomic mass is 35.5. The molecule has 0 spiro atoms. The molecule has 0 saturated heterocycles. The van der Waals surface area contributed by atoms with E-state index in [9.17, 15) is 9.59 Å². The van der Waals surface area contributed by atoms with Crippen LogP contribution in [0, 0.1) is 0 Å². The Morgan fingerprint density at radius 1 is 0.970 bits per heavy atom. The maximum atomic E-state index is 12.7. The fourth-order valence-corrected chi connectivity index (χ4v) is 3.72. The molecule has 1 amide bonds. The first-order valence-corrected chi connectivity index (χ1v) is 11.2. The van der Waals surface area contributed by atoms with Gasteiger partial charge in [0.25, 0.3) is 5.91 Å². The van der Waals surface area contributed by atoms with Gasteiger partial charge in [0, 0.05) is 11.6 Å². The molecule has 0 aliphatic heterocycles. The molecule has 2 N–H and O–H groups in total. The predicted molar refractivity (Wildman–Crippen MR) is 126 cm³/mol. The second kappa shape index (κ2) is 10.4. The van der Waals surface area contributed by atoms with Gasteiger partial charge in [-0.2, -0.15) is 0 Å². The Bertz CT molecular complexity index is 1120. The summed E-state index contributed by atoms with van der Waals surface area (Å²) in [7, 11) is 0. The molecule has 0 heterocycles. The summed E-state index contributed by atoms with van der Waals surface area (Å²) in [6.07, 6.45) is 2.70. The van der Waals surface area contributed by atoms with Crippen molar-refractivity contribution < 1.29 is 24.2 Å². The topological polar surface area (TPSA) is 84.9 Å². The van der Waals surface area contributed by atoms with Crippen LogP contribution >= 0.6 is 11.6 Å². The fourth-order valence-electron chi connectivity index (χ4n) is 3.55. The number of hydrogen-bond acceptors (Lipinski definition) is 4. The summed E-state index contributed by atoms with van der Waals surface area (Å²) in [5.74, 6) is 0.650. The minimum atomic E-state index is -1.34. The lowest BCUT2D eigenvalue weighted by atomic mass is 9.96. The SMILES string of the molecule is O=C(O)Oc1ccc(-c2ccc(CCNC(=O)c3cc(Cl)ccc3OC3CCC3)cc2)cc1. The Kier molecular flexibility index (Phi) is 7.15. The summed E-state index contributed by atoms with van der Waals surface area (Å²) in [6, 6.07) is 20.0. The van der Waals surface area contributed by atoms with E-state index in [4.69, 9.17) is 21.4 Å². The molecule has 0 bridgehead atoms. The maximum Gasteiger partial charge on any atom is 0.511 e. The lowest BCUT2D eigenvalue weighted by Gasteiger charge is -2.27. The van der Waals surface area contributed by atoms with Gasteiger partial charge in [-0.05, 0) is 72.7 Å². The van der Waals surface area contributed by atoms with Crippen molar-refractivity contribution in [2.24, 2.45) is 0 Å². The molecule has 1 saturated carbocycles. The van der Waals surface area contributed by atoms with Gasteiger partial charge in [-0.25, -0.2) is 4.79 Å². The summed E-state index contributed by atoms with van der Waals surface area (Å²) in [5.41, 5.74) is 3.50. The molecule has 4 rings (SSSR count). The first kappa shape index (κ1) is 22.7. The zero-order valence-electron chi connectivity index (χ0n) is 17.9. The monoisotopic (exact) mass is 465 g/mol. The number of hydrogen-bond donors (Lipinski definition) is 2. The first-order valence-electron chi connectivity index (χ1n) is 10.8. The van der Waals surface area contributed by atoms with Crippen LogP contribution in [0.25, 0.3) is 11.1 Å². The Morgan fingerprint density at radius 3 is 2.24 bits per heavy atom. The standard InChI is InChI=1S/C26H24ClNO5/c27-20-10-13-24(32-21-2-1-3-21)23(16-20)25(29)28-15-14-17-4-6-18(7-5-17)19-8-11-22(12-9-19)33-26(30)31/h4-13,16,21H,1-3,14-15H2,(H,28,29)(H,30,31). The minimum Gasteiger partial charge on any atom is -0.490 e. The number of ether oxygens (including phenoxy) is 2. The van der Waals surface area contributed by atoms with Crippen molar-refractivity contribution in [2.45, 2.75) is 31.8 Å². The number of carboxylic acid groups (broad SMARTS) is 1. The summed E-state index contributed by atoms with van der Waals surface area (Å²) in [5, 5.41) is 12.1. The highest BCUT2D eigenvalue weighted by molar-refractivity contribution is 6.31.